The lowest BCUT2D eigenvalue weighted by molar-refractivity contribution is -0.137. The number of nitrogens with one attached hydrogen (secondary N) is 1. The first-order valence-electron chi connectivity index (χ1n) is 4.47. The number of carboxylic acid groups (broad SMARTS) is 1. The number of nitrogens with zero attached hydrogens (tertiary/aromatic N) is 2. The lowest BCUT2D eigenvalue weighted by Gasteiger charge is -2.14. The van der Waals surface area contributed by atoms with Crippen molar-refractivity contribution in [2.75, 3.05) is 5.32 Å². The standard InChI is InChI=1S/C8H13N3O2S/c1-2-3-6(4-7(12)13)10-8-11-9-5-14-8/h5-6H,2-4H2,1H3,(H,10,11)(H,12,13). The molecule has 1 atom stereocenters. The predicted molar refractivity (Wildman–Crippen MR) is 54.5 cm³/mol. The van der Waals surface area contributed by atoms with E-state index in [1.165, 1.54) is 11.3 Å². The minimum absolute atomic E-state index is 0.0505. The third-order valence-corrected chi connectivity index (χ3v) is 2.37. The number of rotatable bonds is 6. The molecule has 0 aromatic carbocycles. The molecule has 1 heterocycles. The van der Waals surface area contributed by atoms with Gasteiger partial charge in [0.25, 0.3) is 0 Å². The van der Waals surface area contributed by atoms with Gasteiger partial charge in [0, 0.05) is 6.04 Å². The molecule has 1 unspecified atom stereocenters. The topological polar surface area (TPSA) is 75.1 Å². The van der Waals surface area contributed by atoms with Crippen molar-refractivity contribution in [2.45, 2.75) is 32.2 Å². The molecule has 0 aliphatic heterocycles. The SMILES string of the molecule is CCCC(CC(=O)O)Nc1nncs1. The predicted octanol–water partition coefficient (Wildman–Crippen LogP) is 1.59. The summed E-state index contributed by atoms with van der Waals surface area (Å²) in [7, 11) is 0. The highest BCUT2D eigenvalue weighted by Gasteiger charge is 2.12. The third kappa shape index (κ3) is 3.69. The smallest absolute Gasteiger partial charge is 0.305 e. The molecule has 1 aromatic heterocycles. The van der Waals surface area contributed by atoms with Crippen LogP contribution in [0, 0.1) is 0 Å². The number of carbonyl (C=O) groups is 1. The van der Waals surface area contributed by atoms with Crippen molar-refractivity contribution in [1.82, 2.24) is 10.2 Å². The normalized spacial score (nSPS) is 12.4. The maximum atomic E-state index is 10.5. The molecule has 78 valence electrons. The van der Waals surface area contributed by atoms with Crippen LogP contribution in [-0.4, -0.2) is 27.3 Å². The van der Waals surface area contributed by atoms with E-state index in [9.17, 15) is 4.79 Å². The van der Waals surface area contributed by atoms with E-state index in [-0.39, 0.29) is 12.5 Å². The van der Waals surface area contributed by atoms with Crippen molar-refractivity contribution < 1.29 is 9.90 Å². The van der Waals surface area contributed by atoms with Gasteiger partial charge in [-0.25, -0.2) is 0 Å². The van der Waals surface area contributed by atoms with Crippen LogP contribution in [0.15, 0.2) is 5.51 Å². The van der Waals surface area contributed by atoms with Crippen LogP contribution in [0.25, 0.3) is 0 Å². The van der Waals surface area contributed by atoms with Gasteiger partial charge in [-0.05, 0) is 6.42 Å². The summed E-state index contributed by atoms with van der Waals surface area (Å²) in [6, 6.07) is -0.0505. The zero-order valence-corrected chi connectivity index (χ0v) is 8.75. The number of hydrogen-bond acceptors (Lipinski definition) is 5. The van der Waals surface area contributed by atoms with E-state index >= 15 is 0 Å². The first kappa shape index (κ1) is 10.9. The van der Waals surface area contributed by atoms with E-state index in [0.717, 1.165) is 12.8 Å². The van der Waals surface area contributed by atoms with Crippen molar-refractivity contribution in [3.8, 4) is 0 Å². The van der Waals surface area contributed by atoms with E-state index in [1.54, 1.807) is 5.51 Å². The minimum Gasteiger partial charge on any atom is -0.481 e. The van der Waals surface area contributed by atoms with Gasteiger partial charge < -0.3 is 10.4 Å². The molecule has 6 heteroatoms. The Morgan fingerprint density at radius 2 is 2.57 bits per heavy atom. The lowest BCUT2D eigenvalue weighted by Crippen LogP contribution is -2.22. The second-order valence-corrected chi connectivity index (χ2v) is 3.80. The number of aromatic nitrogens is 2. The van der Waals surface area contributed by atoms with Crippen LogP contribution in [0.2, 0.25) is 0 Å². The first-order chi connectivity index (χ1) is 6.72. The van der Waals surface area contributed by atoms with Gasteiger partial charge >= 0.3 is 5.97 Å². The summed E-state index contributed by atoms with van der Waals surface area (Å²) >= 11 is 1.38. The Bertz CT molecular complexity index is 276. The molecule has 14 heavy (non-hydrogen) atoms. The van der Waals surface area contributed by atoms with Crippen LogP contribution >= 0.6 is 11.3 Å². The van der Waals surface area contributed by atoms with Gasteiger partial charge in [0.1, 0.15) is 5.51 Å². The maximum Gasteiger partial charge on any atom is 0.305 e. The van der Waals surface area contributed by atoms with Gasteiger partial charge in [0.05, 0.1) is 6.42 Å². The summed E-state index contributed by atoms with van der Waals surface area (Å²) < 4.78 is 0. The van der Waals surface area contributed by atoms with Crippen LogP contribution in [0.1, 0.15) is 26.2 Å². The van der Waals surface area contributed by atoms with Crippen molar-refractivity contribution >= 4 is 22.4 Å². The Morgan fingerprint density at radius 3 is 3.07 bits per heavy atom. The Morgan fingerprint density at radius 1 is 1.79 bits per heavy atom. The summed E-state index contributed by atoms with van der Waals surface area (Å²) in [5, 5.41) is 19.9. The van der Waals surface area contributed by atoms with Crippen molar-refractivity contribution in [1.29, 1.82) is 0 Å². The molecule has 0 saturated heterocycles. The molecule has 0 amide bonds. The van der Waals surface area contributed by atoms with Gasteiger partial charge in [-0.3, -0.25) is 4.79 Å². The van der Waals surface area contributed by atoms with Crippen LogP contribution in [0.3, 0.4) is 0 Å². The molecular formula is C8H13N3O2S. The molecule has 0 bridgehead atoms. The van der Waals surface area contributed by atoms with Crippen molar-refractivity contribution in [2.24, 2.45) is 0 Å². The van der Waals surface area contributed by atoms with Crippen molar-refractivity contribution in [3.05, 3.63) is 5.51 Å². The first-order valence-corrected chi connectivity index (χ1v) is 5.34. The molecule has 0 spiro atoms. The molecule has 0 aliphatic carbocycles. The van der Waals surface area contributed by atoms with E-state index < -0.39 is 5.97 Å². The van der Waals surface area contributed by atoms with Gasteiger partial charge in [-0.1, -0.05) is 24.7 Å². The number of aliphatic carboxylic acids is 1. The van der Waals surface area contributed by atoms with Crippen LogP contribution in [-0.2, 0) is 4.79 Å². The summed E-state index contributed by atoms with van der Waals surface area (Å²) in [5.41, 5.74) is 1.62. The number of carboxylic acids is 1. The molecule has 0 radical (unpaired) electrons. The lowest BCUT2D eigenvalue weighted by atomic mass is 10.1. The highest BCUT2D eigenvalue weighted by Crippen LogP contribution is 2.14. The summed E-state index contributed by atoms with van der Waals surface area (Å²) in [5.74, 6) is -0.791. The Labute approximate surface area is 86.2 Å². The van der Waals surface area contributed by atoms with E-state index in [4.69, 9.17) is 5.11 Å². The third-order valence-electron chi connectivity index (χ3n) is 1.75. The molecule has 0 fully saturated rings. The highest BCUT2D eigenvalue weighted by atomic mass is 32.1. The summed E-state index contributed by atoms with van der Waals surface area (Å²) in [6.07, 6.45) is 1.89. The fraction of sp³-hybridized carbons (Fsp3) is 0.625. The zero-order chi connectivity index (χ0) is 10.4. The van der Waals surface area contributed by atoms with Gasteiger partial charge in [0.15, 0.2) is 0 Å². The van der Waals surface area contributed by atoms with Gasteiger partial charge in [-0.15, -0.1) is 10.2 Å². The number of hydrogen-bond donors (Lipinski definition) is 2. The minimum atomic E-state index is -0.791. The number of anilines is 1. The fourth-order valence-corrected chi connectivity index (χ4v) is 1.72. The zero-order valence-electron chi connectivity index (χ0n) is 7.93. The average molecular weight is 215 g/mol. The molecule has 0 aliphatic rings. The quantitative estimate of drug-likeness (QED) is 0.753. The van der Waals surface area contributed by atoms with E-state index in [1.807, 2.05) is 6.92 Å². The Balaban J connectivity index is 2.46. The Hall–Kier alpha value is -1.17. The van der Waals surface area contributed by atoms with Crippen LogP contribution < -0.4 is 5.32 Å². The molecular weight excluding hydrogens is 202 g/mol. The van der Waals surface area contributed by atoms with Gasteiger partial charge in [-0.2, -0.15) is 0 Å². The maximum absolute atomic E-state index is 10.5. The molecule has 2 N–H and O–H groups in total. The molecule has 0 saturated carbocycles. The fourth-order valence-electron chi connectivity index (χ4n) is 1.20. The molecule has 1 aromatic rings. The van der Waals surface area contributed by atoms with E-state index in [0.29, 0.717) is 5.13 Å². The molecule has 5 nitrogen and oxygen atoms in total. The summed E-state index contributed by atoms with van der Waals surface area (Å²) in [4.78, 5) is 10.5. The largest absolute Gasteiger partial charge is 0.481 e. The second kappa shape index (κ2) is 5.54. The van der Waals surface area contributed by atoms with E-state index in [2.05, 4.69) is 15.5 Å². The molecule has 1 rings (SSSR count). The highest BCUT2D eigenvalue weighted by molar-refractivity contribution is 7.13. The Kier molecular flexibility index (Phi) is 4.31. The van der Waals surface area contributed by atoms with Crippen LogP contribution in [0.4, 0.5) is 5.13 Å². The van der Waals surface area contributed by atoms with Crippen molar-refractivity contribution in [3.63, 3.8) is 0 Å². The second-order valence-electron chi connectivity index (χ2n) is 2.97. The monoisotopic (exact) mass is 215 g/mol. The van der Waals surface area contributed by atoms with Gasteiger partial charge in [0.2, 0.25) is 5.13 Å². The summed E-state index contributed by atoms with van der Waals surface area (Å²) in [6.45, 7) is 2.02. The average Bonchev–Trinajstić information content (AvgIpc) is 2.56. The van der Waals surface area contributed by atoms with Crippen LogP contribution in [0.5, 0.6) is 0 Å².